The lowest BCUT2D eigenvalue weighted by atomic mass is 10.0. The number of hydrogen-bond acceptors (Lipinski definition) is 4. The zero-order valence-electron chi connectivity index (χ0n) is 13.6. The monoisotopic (exact) mass is 294 g/mol. The molecule has 0 spiro atoms. The van der Waals surface area contributed by atoms with Gasteiger partial charge in [0.25, 0.3) is 0 Å². The quantitative estimate of drug-likeness (QED) is 0.909. The predicted octanol–water partition coefficient (Wildman–Crippen LogP) is 1.27. The third kappa shape index (κ3) is 3.27. The van der Waals surface area contributed by atoms with Crippen LogP contribution in [0.4, 0.5) is 0 Å². The molecule has 6 nitrogen and oxygen atoms in total. The molecule has 0 saturated carbocycles. The molecule has 1 aliphatic rings. The minimum atomic E-state index is -0.804. The average Bonchev–Trinajstić information content (AvgIpc) is 2.71. The summed E-state index contributed by atoms with van der Waals surface area (Å²) in [5, 5.41) is 9.64. The highest BCUT2D eigenvalue weighted by Gasteiger charge is 2.34. The average molecular weight is 294 g/mol. The highest BCUT2D eigenvalue weighted by Crippen LogP contribution is 2.25. The van der Waals surface area contributed by atoms with Gasteiger partial charge in [-0.05, 0) is 27.7 Å². The van der Waals surface area contributed by atoms with E-state index in [0.717, 1.165) is 37.7 Å². The van der Waals surface area contributed by atoms with Gasteiger partial charge in [0.2, 0.25) is 0 Å². The van der Waals surface area contributed by atoms with Crippen LogP contribution in [-0.4, -0.2) is 62.1 Å². The van der Waals surface area contributed by atoms with Crippen LogP contribution in [-0.2, 0) is 11.8 Å². The lowest BCUT2D eigenvalue weighted by molar-refractivity contribution is -0.145. The second-order valence-corrected chi connectivity index (χ2v) is 6.72. The number of carbonyl (C=O) groups is 1. The first kappa shape index (κ1) is 16.0. The van der Waals surface area contributed by atoms with E-state index in [1.54, 1.807) is 6.20 Å². The number of piperazine rings is 1. The van der Waals surface area contributed by atoms with Crippen LogP contribution >= 0.6 is 0 Å². The summed E-state index contributed by atoms with van der Waals surface area (Å²) in [7, 11) is 1.87. The van der Waals surface area contributed by atoms with Crippen molar-refractivity contribution in [1.29, 1.82) is 0 Å². The van der Waals surface area contributed by atoms with Crippen LogP contribution in [0.15, 0.2) is 6.20 Å². The number of aryl methyl sites for hydroxylation is 1. The van der Waals surface area contributed by atoms with E-state index in [4.69, 9.17) is 0 Å². The van der Waals surface area contributed by atoms with Gasteiger partial charge in [0.15, 0.2) is 6.04 Å². The van der Waals surface area contributed by atoms with Crippen molar-refractivity contribution in [1.82, 2.24) is 19.4 Å². The topological polar surface area (TPSA) is 61.6 Å². The first-order valence-corrected chi connectivity index (χ1v) is 7.42. The summed E-state index contributed by atoms with van der Waals surface area (Å²) in [6, 6.07) is -0.613. The standard InChI is InChI=1S/C15H26N4O2/c1-11-16-10-12(17(11)5)13(14(20)21)18-6-8-19(9-7-18)15(2,3)4/h10,13H,6-9H2,1-5H3,(H,20,21). The second-order valence-electron chi connectivity index (χ2n) is 6.72. The fraction of sp³-hybridized carbons (Fsp3) is 0.733. The normalized spacial score (nSPS) is 19.7. The molecule has 1 saturated heterocycles. The molecule has 0 bridgehead atoms. The summed E-state index contributed by atoms with van der Waals surface area (Å²) in [6.07, 6.45) is 1.68. The number of aliphatic carboxylic acids is 1. The van der Waals surface area contributed by atoms with Crippen LogP contribution in [0, 0.1) is 6.92 Å². The van der Waals surface area contributed by atoms with Gasteiger partial charge in [0.05, 0.1) is 11.9 Å². The van der Waals surface area contributed by atoms with E-state index in [1.807, 2.05) is 23.4 Å². The van der Waals surface area contributed by atoms with Gasteiger partial charge in [-0.2, -0.15) is 0 Å². The fourth-order valence-corrected chi connectivity index (χ4v) is 2.89. The van der Waals surface area contributed by atoms with Gasteiger partial charge in [-0.3, -0.25) is 14.6 Å². The van der Waals surface area contributed by atoms with Crippen LogP contribution in [0.3, 0.4) is 0 Å². The Morgan fingerprint density at radius 2 is 1.86 bits per heavy atom. The molecule has 21 heavy (non-hydrogen) atoms. The summed E-state index contributed by atoms with van der Waals surface area (Å²) >= 11 is 0. The summed E-state index contributed by atoms with van der Waals surface area (Å²) in [6.45, 7) is 11.8. The lowest BCUT2D eigenvalue weighted by Gasteiger charge is -2.43. The van der Waals surface area contributed by atoms with Crippen molar-refractivity contribution in [2.24, 2.45) is 7.05 Å². The highest BCUT2D eigenvalue weighted by molar-refractivity contribution is 5.75. The van der Waals surface area contributed by atoms with Gasteiger partial charge >= 0.3 is 5.97 Å². The summed E-state index contributed by atoms with van der Waals surface area (Å²) in [4.78, 5) is 20.4. The van der Waals surface area contributed by atoms with Crippen LogP contribution in [0.1, 0.15) is 38.3 Å². The Kier molecular flexibility index (Phi) is 4.39. The number of carboxylic acids is 1. The number of rotatable bonds is 3. The molecular formula is C15H26N4O2. The van der Waals surface area contributed by atoms with Crippen LogP contribution in [0.5, 0.6) is 0 Å². The summed E-state index contributed by atoms with van der Waals surface area (Å²) < 4.78 is 1.87. The first-order chi connectivity index (χ1) is 9.71. The Morgan fingerprint density at radius 3 is 2.24 bits per heavy atom. The Morgan fingerprint density at radius 1 is 1.29 bits per heavy atom. The Hall–Kier alpha value is -1.40. The number of imidazole rings is 1. The van der Waals surface area contributed by atoms with E-state index in [1.165, 1.54) is 0 Å². The predicted molar refractivity (Wildman–Crippen MR) is 81.2 cm³/mol. The molecule has 0 radical (unpaired) electrons. The van der Waals surface area contributed by atoms with Gasteiger partial charge in [-0.15, -0.1) is 0 Å². The smallest absolute Gasteiger partial charge is 0.327 e. The lowest BCUT2D eigenvalue weighted by Crippen LogP contribution is -2.55. The fourth-order valence-electron chi connectivity index (χ4n) is 2.89. The molecule has 1 atom stereocenters. The van der Waals surface area contributed by atoms with E-state index in [0.29, 0.717) is 0 Å². The van der Waals surface area contributed by atoms with Gasteiger partial charge in [0.1, 0.15) is 5.82 Å². The van der Waals surface area contributed by atoms with Gasteiger partial charge in [-0.1, -0.05) is 0 Å². The number of hydrogen-bond donors (Lipinski definition) is 1. The molecule has 6 heteroatoms. The molecule has 0 aromatic carbocycles. The molecule has 2 rings (SSSR count). The first-order valence-electron chi connectivity index (χ1n) is 7.42. The molecule has 118 valence electrons. The van der Waals surface area contributed by atoms with E-state index in [9.17, 15) is 9.90 Å². The van der Waals surface area contributed by atoms with Crippen LogP contribution < -0.4 is 0 Å². The van der Waals surface area contributed by atoms with Crippen molar-refractivity contribution in [3.8, 4) is 0 Å². The van der Waals surface area contributed by atoms with Gasteiger partial charge in [-0.25, -0.2) is 4.98 Å². The van der Waals surface area contributed by atoms with Crippen molar-refractivity contribution < 1.29 is 9.90 Å². The molecule has 1 N–H and O–H groups in total. The van der Waals surface area contributed by atoms with Crippen molar-refractivity contribution in [3.05, 3.63) is 17.7 Å². The largest absolute Gasteiger partial charge is 0.480 e. The third-order valence-electron chi connectivity index (χ3n) is 4.40. The molecule has 0 amide bonds. The van der Waals surface area contributed by atoms with E-state index >= 15 is 0 Å². The van der Waals surface area contributed by atoms with Crippen LogP contribution in [0.2, 0.25) is 0 Å². The van der Waals surface area contributed by atoms with E-state index in [2.05, 4.69) is 30.7 Å². The van der Waals surface area contributed by atoms with Gasteiger partial charge in [0, 0.05) is 38.8 Å². The molecule has 1 aromatic rings. The van der Waals surface area contributed by atoms with Crippen molar-refractivity contribution in [2.45, 2.75) is 39.3 Å². The maximum absolute atomic E-state index is 11.7. The van der Waals surface area contributed by atoms with Crippen molar-refractivity contribution in [3.63, 3.8) is 0 Å². The molecule has 0 aliphatic carbocycles. The molecule has 1 fully saturated rings. The minimum Gasteiger partial charge on any atom is -0.480 e. The third-order valence-corrected chi connectivity index (χ3v) is 4.40. The summed E-state index contributed by atoms with van der Waals surface area (Å²) in [5.74, 6) is 0.0341. The molecule has 1 unspecified atom stereocenters. The Bertz CT molecular complexity index is 510. The highest BCUT2D eigenvalue weighted by atomic mass is 16.4. The maximum Gasteiger partial charge on any atom is 0.327 e. The molecule has 1 aliphatic heterocycles. The minimum absolute atomic E-state index is 0.133. The Labute approximate surface area is 126 Å². The van der Waals surface area contributed by atoms with Crippen LogP contribution in [0.25, 0.3) is 0 Å². The van der Waals surface area contributed by atoms with Crippen molar-refractivity contribution >= 4 is 5.97 Å². The van der Waals surface area contributed by atoms with E-state index < -0.39 is 12.0 Å². The second kappa shape index (κ2) is 5.77. The molecule has 2 heterocycles. The zero-order valence-corrected chi connectivity index (χ0v) is 13.6. The Balaban J connectivity index is 2.15. The summed E-state index contributed by atoms with van der Waals surface area (Å²) in [5.41, 5.74) is 0.887. The SMILES string of the molecule is Cc1ncc(C(C(=O)O)N2CCN(C(C)(C)C)CC2)n1C. The number of nitrogens with zero attached hydrogens (tertiary/aromatic N) is 4. The number of aromatic nitrogens is 2. The van der Waals surface area contributed by atoms with E-state index in [-0.39, 0.29) is 5.54 Å². The number of carboxylic acid groups (broad SMARTS) is 1. The zero-order chi connectivity index (χ0) is 15.8. The molecule has 1 aromatic heterocycles. The van der Waals surface area contributed by atoms with Crippen molar-refractivity contribution in [2.75, 3.05) is 26.2 Å². The maximum atomic E-state index is 11.7. The van der Waals surface area contributed by atoms with Gasteiger partial charge < -0.3 is 9.67 Å². The molecular weight excluding hydrogens is 268 g/mol.